The quantitative estimate of drug-likeness (QED) is 0.252. The molecule has 2 nitrogen and oxygen atoms in total. The molecular weight excluding hydrogens is 528 g/mol. The summed E-state index contributed by atoms with van der Waals surface area (Å²) in [5, 5.41) is 0. The number of hydrogen-bond donors (Lipinski definition) is 0. The molecule has 0 heterocycles. The minimum absolute atomic E-state index is 0. The van der Waals surface area contributed by atoms with Gasteiger partial charge in [-0.1, -0.05) is 106 Å². The fraction of sp³-hybridized carbons (Fsp3) is 0.538. The van der Waals surface area contributed by atoms with Gasteiger partial charge in [0, 0.05) is 10.8 Å². The van der Waals surface area contributed by atoms with Gasteiger partial charge in [0.1, 0.15) is 11.6 Å². The van der Waals surface area contributed by atoms with Gasteiger partial charge in [-0.15, -0.1) is 0 Å². The molecule has 3 heteroatoms. The maximum atomic E-state index is 10.5. The van der Waals surface area contributed by atoms with Gasteiger partial charge in [-0.2, -0.15) is 0 Å². The molecule has 1 aromatic rings. The van der Waals surface area contributed by atoms with Crippen LogP contribution in [-0.4, -0.2) is 11.6 Å². The first-order chi connectivity index (χ1) is 12.8. The van der Waals surface area contributed by atoms with E-state index in [2.05, 4.69) is 0 Å². The Hall–Kier alpha value is -1.27. The Bertz CT molecular complexity index is 407. The van der Waals surface area contributed by atoms with Crippen LogP contribution in [0.15, 0.2) is 48.6 Å². The molecule has 0 bridgehead atoms. The van der Waals surface area contributed by atoms with Crippen LogP contribution in [0.1, 0.15) is 83.1 Å². The standard InChI is InChI=1S/2C6H12O.C6H6.C4H4.2C2H6.W/c2*1-5(7)6(2,3)4;1-2-4-6-5-3-1;1-3-4-2;2*1-2;/h2*1-4H3;1-6H;1-4H;2*1-2H3;/q;;;-2;;;+2. The van der Waals surface area contributed by atoms with E-state index in [0.717, 1.165) is 0 Å². The van der Waals surface area contributed by atoms with Gasteiger partial charge >= 0.3 is 21.1 Å². The Morgan fingerprint density at radius 2 is 0.690 bits per heavy atom. The van der Waals surface area contributed by atoms with Crippen LogP contribution in [-0.2, 0) is 30.7 Å². The minimum atomic E-state index is -0.139. The maximum absolute atomic E-state index is 10.5. The average molecular weight is 574 g/mol. The number of hydrogen-bond acceptors (Lipinski definition) is 2. The van der Waals surface area contributed by atoms with E-state index in [-0.39, 0.29) is 43.5 Å². The van der Waals surface area contributed by atoms with E-state index in [1.165, 1.54) is 12.2 Å². The predicted molar refractivity (Wildman–Crippen MR) is 127 cm³/mol. The fourth-order valence-corrected chi connectivity index (χ4v) is 0.385. The third-order valence-corrected chi connectivity index (χ3v) is 2.89. The van der Waals surface area contributed by atoms with Crippen LogP contribution in [0.2, 0.25) is 0 Å². The summed E-state index contributed by atoms with van der Waals surface area (Å²) in [5.41, 5.74) is -0.278. The molecule has 0 spiro atoms. The molecular formula is C26H46O2W. The first-order valence-electron chi connectivity index (χ1n) is 9.91. The number of Topliss-reactive ketones (excluding diaryl/α,β-unsaturated/α-hetero) is 2. The van der Waals surface area contributed by atoms with E-state index in [4.69, 9.17) is 13.2 Å². The third-order valence-electron chi connectivity index (χ3n) is 2.89. The number of carbonyl (C=O) groups is 2. The Kier molecular flexibility index (Phi) is 41.9. The van der Waals surface area contributed by atoms with Crippen molar-refractivity contribution in [2.45, 2.75) is 83.1 Å². The SMILES string of the molecule is CC.CC.CC(=O)C(C)(C)C.CC(=O)C(C)(C)C.[CH-]=CC=[CH-].[W+2].c1ccccc1. The topological polar surface area (TPSA) is 34.1 Å². The minimum Gasteiger partial charge on any atom is -0.394 e. The van der Waals surface area contributed by atoms with Crippen LogP contribution in [0, 0.1) is 24.0 Å². The summed E-state index contributed by atoms with van der Waals surface area (Å²) < 4.78 is 0. The van der Waals surface area contributed by atoms with E-state index in [1.54, 1.807) is 13.8 Å². The molecule has 0 aliphatic carbocycles. The number of benzene rings is 1. The number of rotatable bonds is 1. The van der Waals surface area contributed by atoms with Crippen LogP contribution < -0.4 is 0 Å². The maximum Gasteiger partial charge on any atom is 2.00 e. The summed E-state index contributed by atoms with van der Waals surface area (Å²) in [6.45, 7) is 32.1. The molecule has 0 N–H and O–H groups in total. The average Bonchev–Trinajstić information content (AvgIpc) is 2.66. The van der Waals surface area contributed by atoms with Gasteiger partial charge in [0.25, 0.3) is 0 Å². The molecule has 29 heavy (non-hydrogen) atoms. The van der Waals surface area contributed by atoms with Crippen molar-refractivity contribution in [2.75, 3.05) is 0 Å². The van der Waals surface area contributed by atoms with Gasteiger partial charge in [0.2, 0.25) is 0 Å². The monoisotopic (exact) mass is 574 g/mol. The number of allylic oxidation sites excluding steroid dienone is 2. The van der Waals surface area contributed by atoms with Gasteiger partial charge in [-0.25, -0.2) is 0 Å². The van der Waals surface area contributed by atoms with Crippen LogP contribution in [0.5, 0.6) is 0 Å². The van der Waals surface area contributed by atoms with Crippen molar-refractivity contribution >= 4 is 11.6 Å². The molecule has 0 saturated heterocycles. The van der Waals surface area contributed by atoms with Gasteiger partial charge in [0.05, 0.1) is 0 Å². The summed E-state index contributed by atoms with van der Waals surface area (Å²) in [7, 11) is 0. The fourth-order valence-electron chi connectivity index (χ4n) is 0.385. The molecule has 0 amide bonds. The Balaban J connectivity index is -0.0000000575. The Labute approximate surface area is 197 Å². The van der Waals surface area contributed by atoms with Gasteiger partial charge in [-0.3, -0.25) is 9.59 Å². The third kappa shape index (κ3) is 52.0. The molecule has 1 aromatic carbocycles. The summed E-state index contributed by atoms with van der Waals surface area (Å²) in [4.78, 5) is 20.9. The zero-order valence-electron chi connectivity index (χ0n) is 21.0. The van der Waals surface area contributed by atoms with Crippen molar-refractivity contribution in [3.05, 3.63) is 61.7 Å². The molecule has 0 aromatic heterocycles. The first kappa shape index (κ1) is 42.0. The van der Waals surface area contributed by atoms with E-state index in [9.17, 15) is 9.59 Å². The second-order valence-corrected chi connectivity index (χ2v) is 7.15. The van der Waals surface area contributed by atoms with Crippen LogP contribution >= 0.6 is 0 Å². The Morgan fingerprint density at radius 1 is 0.586 bits per heavy atom. The van der Waals surface area contributed by atoms with Crippen LogP contribution in [0.25, 0.3) is 0 Å². The normalized spacial score (nSPS) is 8.28. The summed E-state index contributed by atoms with van der Waals surface area (Å²) in [6.07, 6.45) is 2.56. The van der Waals surface area contributed by atoms with Crippen molar-refractivity contribution in [2.24, 2.45) is 10.8 Å². The summed E-state index contributed by atoms with van der Waals surface area (Å²) in [6, 6.07) is 12.0. The molecule has 0 aliphatic heterocycles. The molecule has 0 unspecified atom stereocenters. The van der Waals surface area contributed by atoms with E-state index in [1.807, 2.05) is 106 Å². The Morgan fingerprint density at radius 3 is 0.724 bits per heavy atom. The molecule has 1 rings (SSSR count). The molecule has 0 fully saturated rings. The number of ketones is 2. The summed E-state index contributed by atoms with van der Waals surface area (Å²) >= 11 is 0. The second-order valence-electron chi connectivity index (χ2n) is 7.15. The number of carbonyl (C=O) groups excluding carboxylic acids is 2. The van der Waals surface area contributed by atoms with E-state index < -0.39 is 0 Å². The zero-order valence-corrected chi connectivity index (χ0v) is 23.9. The van der Waals surface area contributed by atoms with Gasteiger partial charge in [0.15, 0.2) is 0 Å². The van der Waals surface area contributed by atoms with Crippen molar-refractivity contribution in [3.8, 4) is 0 Å². The molecule has 168 valence electrons. The molecule has 0 atom stereocenters. The van der Waals surface area contributed by atoms with E-state index >= 15 is 0 Å². The molecule has 0 aliphatic rings. The summed E-state index contributed by atoms with van der Waals surface area (Å²) in [5.74, 6) is 0.486. The van der Waals surface area contributed by atoms with Crippen molar-refractivity contribution in [3.63, 3.8) is 0 Å². The molecule has 0 saturated carbocycles. The second kappa shape index (κ2) is 28.9. The van der Waals surface area contributed by atoms with Gasteiger partial charge in [-0.05, 0) is 13.8 Å². The first-order valence-corrected chi connectivity index (χ1v) is 9.91. The van der Waals surface area contributed by atoms with Crippen LogP contribution in [0.4, 0.5) is 0 Å². The van der Waals surface area contributed by atoms with Crippen molar-refractivity contribution in [1.82, 2.24) is 0 Å². The molecule has 0 radical (unpaired) electrons. The van der Waals surface area contributed by atoms with Crippen molar-refractivity contribution in [1.29, 1.82) is 0 Å². The largest absolute Gasteiger partial charge is 2.00 e. The van der Waals surface area contributed by atoms with Gasteiger partial charge < -0.3 is 25.3 Å². The predicted octanol–water partition coefficient (Wildman–Crippen LogP) is 7.94. The van der Waals surface area contributed by atoms with Crippen molar-refractivity contribution < 1.29 is 30.7 Å². The van der Waals surface area contributed by atoms with Crippen LogP contribution in [0.3, 0.4) is 0 Å². The van der Waals surface area contributed by atoms with E-state index in [0.29, 0.717) is 0 Å². The smallest absolute Gasteiger partial charge is 0.394 e. The zero-order chi connectivity index (χ0) is 23.8.